The number of hydrogen-bond donors (Lipinski definition) is 1. The number of pyridine rings is 1. The van der Waals surface area contributed by atoms with E-state index in [0.717, 1.165) is 18.5 Å². The van der Waals surface area contributed by atoms with Gasteiger partial charge in [-0.15, -0.1) is 0 Å². The molecule has 2 heterocycles. The molecule has 4 nitrogen and oxygen atoms in total. The Kier molecular flexibility index (Phi) is 3.84. The van der Waals surface area contributed by atoms with E-state index in [-0.39, 0.29) is 5.91 Å². The molecule has 1 aromatic rings. The van der Waals surface area contributed by atoms with Crippen LogP contribution in [0, 0.1) is 0 Å². The van der Waals surface area contributed by atoms with Crippen LogP contribution in [-0.4, -0.2) is 27.9 Å². The maximum atomic E-state index is 12.3. The van der Waals surface area contributed by atoms with Crippen molar-refractivity contribution in [1.82, 2.24) is 9.88 Å². The molecule has 2 N–H and O–H groups in total. The van der Waals surface area contributed by atoms with Gasteiger partial charge in [0.1, 0.15) is 0 Å². The second kappa shape index (κ2) is 5.38. The molecule has 0 bridgehead atoms. The number of amides is 1. The van der Waals surface area contributed by atoms with Gasteiger partial charge in [-0.1, -0.05) is 0 Å². The largest absolute Gasteiger partial charge is 0.397 e. The van der Waals surface area contributed by atoms with E-state index >= 15 is 0 Å². The van der Waals surface area contributed by atoms with Gasteiger partial charge in [0.15, 0.2) is 0 Å². The average molecular weight is 247 g/mol. The van der Waals surface area contributed by atoms with E-state index in [1.807, 2.05) is 11.0 Å². The van der Waals surface area contributed by atoms with Crippen LogP contribution in [0.4, 0.5) is 5.69 Å². The van der Waals surface area contributed by atoms with Crippen LogP contribution in [0.15, 0.2) is 18.3 Å². The maximum absolute atomic E-state index is 12.3. The molecule has 1 aliphatic rings. The zero-order valence-corrected chi connectivity index (χ0v) is 11.1. The number of anilines is 1. The van der Waals surface area contributed by atoms with Crippen molar-refractivity contribution in [3.8, 4) is 0 Å². The first-order valence-electron chi connectivity index (χ1n) is 6.59. The van der Waals surface area contributed by atoms with Gasteiger partial charge in [0.2, 0.25) is 5.91 Å². The maximum Gasteiger partial charge on any atom is 0.229 e. The van der Waals surface area contributed by atoms with Gasteiger partial charge in [-0.25, -0.2) is 0 Å². The molecule has 0 aromatic carbocycles. The number of nitrogens with two attached hydrogens (primary N) is 1. The Morgan fingerprint density at radius 2 is 2.06 bits per heavy atom. The van der Waals surface area contributed by atoms with E-state index in [1.54, 1.807) is 12.3 Å². The van der Waals surface area contributed by atoms with Crippen LogP contribution in [0.3, 0.4) is 0 Å². The van der Waals surface area contributed by atoms with Gasteiger partial charge < -0.3 is 10.6 Å². The van der Waals surface area contributed by atoms with Crippen molar-refractivity contribution in [3.05, 3.63) is 24.0 Å². The second-order valence-corrected chi connectivity index (χ2v) is 5.19. The van der Waals surface area contributed by atoms with Crippen molar-refractivity contribution in [2.24, 2.45) is 0 Å². The molecule has 0 spiro atoms. The Balaban J connectivity index is 2.04. The number of carbonyl (C=O) groups excluding carboxylic acids is 1. The van der Waals surface area contributed by atoms with Crippen molar-refractivity contribution in [3.63, 3.8) is 0 Å². The van der Waals surface area contributed by atoms with E-state index in [0.29, 0.717) is 24.2 Å². The van der Waals surface area contributed by atoms with Gasteiger partial charge in [0.05, 0.1) is 18.3 Å². The number of nitrogen functional groups attached to an aromatic ring is 1. The van der Waals surface area contributed by atoms with Gasteiger partial charge in [-0.3, -0.25) is 9.78 Å². The van der Waals surface area contributed by atoms with E-state index in [9.17, 15) is 4.79 Å². The number of likely N-dealkylation sites (tertiary alicyclic amines) is 1. The van der Waals surface area contributed by atoms with Crippen molar-refractivity contribution in [1.29, 1.82) is 0 Å². The molecule has 1 aromatic heterocycles. The van der Waals surface area contributed by atoms with Gasteiger partial charge in [-0.05, 0) is 45.2 Å². The molecule has 18 heavy (non-hydrogen) atoms. The summed E-state index contributed by atoms with van der Waals surface area (Å²) < 4.78 is 0. The molecule has 2 atom stereocenters. The van der Waals surface area contributed by atoms with Gasteiger partial charge in [0, 0.05) is 17.8 Å². The Morgan fingerprint density at radius 3 is 2.61 bits per heavy atom. The Labute approximate surface area is 108 Å². The topological polar surface area (TPSA) is 59.2 Å². The molecule has 0 aliphatic carbocycles. The minimum atomic E-state index is 0.173. The minimum absolute atomic E-state index is 0.173. The standard InChI is InChI=1S/C14H21N3O/c1-10-4-3-5-11(2)17(10)14(18)8-13-7-6-12(15)9-16-13/h6-7,9-11H,3-5,8,15H2,1-2H3. The zero-order valence-electron chi connectivity index (χ0n) is 11.1. The normalized spacial score (nSPS) is 24.0. The predicted octanol–water partition coefficient (Wildman–Crippen LogP) is 2.00. The molecule has 2 rings (SSSR count). The number of nitrogens with zero attached hydrogens (tertiary/aromatic N) is 2. The number of hydrogen-bond acceptors (Lipinski definition) is 3. The zero-order chi connectivity index (χ0) is 13.1. The molecule has 1 fully saturated rings. The molecular formula is C14H21N3O. The molecule has 0 saturated carbocycles. The summed E-state index contributed by atoms with van der Waals surface area (Å²) in [5.74, 6) is 0.173. The summed E-state index contributed by atoms with van der Waals surface area (Å²) in [5.41, 5.74) is 7.01. The van der Waals surface area contributed by atoms with Crippen LogP contribution in [-0.2, 0) is 11.2 Å². The number of piperidine rings is 1. The van der Waals surface area contributed by atoms with E-state index in [4.69, 9.17) is 5.73 Å². The molecule has 1 aliphatic heterocycles. The number of rotatable bonds is 2. The van der Waals surface area contributed by atoms with Crippen LogP contribution >= 0.6 is 0 Å². The highest BCUT2D eigenvalue weighted by molar-refractivity contribution is 5.79. The van der Waals surface area contributed by atoms with Gasteiger partial charge in [-0.2, -0.15) is 0 Å². The molecule has 1 amide bonds. The van der Waals surface area contributed by atoms with E-state index < -0.39 is 0 Å². The molecule has 4 heteroatoms. The quantitative estimate of drug-likeness (QED) is 0.869. The number of aromatic nitrogens is 1. The van der Waals surface area contributed by atoms with Crippen LogP contribution in [0.1, 0.15) is 38.8 Å². The third-order valence-corrected chi connectivity index (χ3v) is 3.66. The fraction of sp³-hybridized carbons (Fsp3) is 0.571. The van der Waals surface area contributed by atoms with Crippen molar-refractivity contribution >= 4 is 11.6 Å². The fourth-order valence-corrected chi connectivity index (χ4v) is 2.70. The summed E-state index contributed by atoms with van der Waals surface area (Å²) in [6, 6.07) is 4.30. The summed E-state index contributed by atoms with van der Waals surface area (Å²) in [4.78, 5) is 18.5. The van der Waals surface area contributed by atoms with Crippen molar-refractivity contribution in [2.75, 3.05) is 5.73 Å². The SMILES string of the molecule is CC1CCCC(C)N1C(=O)Cc1ccc(N)cn1. The first-order chi connectivity index (χ1) is 8.58. The van der Waals surface area contributed by atoms with E-state index in [2.05, 4.69) is 18.8 Å². The average Bonchev–Trinajstić information content (AvgIpc) is 2.32. The molecule has 1 saturated heterocycles. The van der Waals surface area contributed by atoms with Crippen LogP contribution in [0.2, 0.25) is 0 Å². The fourth-order valence-electron chi connectivity index (χ4n) is 2.70. The predicted molar refractivity (Wildman–Crippen MR) is 72.0 cm³/mol. The highest BCUT2D eigenvalue weighted by atomic mass is 16.2. The minimum Gasteiger partial charge on any atom is -0.397 e. The Bertz CT molecular complexity index is 406. The summed E-state index contributed by atoms with van der Waals surface area (Å²) in [7, 11) is 0. The smallest absolute Gasteiger partial charge is 0.229 e. The third-order valence-electron chi connectivity index (χ3n) is 3.66. The summed E-state index contributed by atoms with van der Waals surface area (Å²) in [6.45, 7) is 4.26. The lowest BCUT2D eigenvalue weighted by molar-refractivity contribution is -0.136. The second-order valence-electron chi connectivity index (χ2n) is 5.19. The highest BCUT2D eigenvalue weighted by Gasteiger charge is 2.28. The third kappa shape index (κ3) is 2.81. The van der Waals surface area contributed by atoms with E-state index in [1.165, 1.54) is 6.42 Å². The molecular weight excluding hydrogens is 226 g/mol. The lowest BCUT2D eigenvalue weighted by Crippen LogP contribution is -2.48. The first-order valence-corrected chi connectivity index (χ1v) is 6.59. The first kappa shape index (κ1) is 12.9. The van der Waals surface area contributed by atoms with Crippen LogP contribution < -0.4 is 5.73 Å². The Morgan fingerprint density at radius 1 is 1.39 bits per heavy atom. The summed E-state index contributed by atoms with van der Waals surface area (Å²) >= 11 is 0. The molecule has 2 unspecified atom stereocenters. The van der Waals surface area contributed by atoms with Crippen molar-refractivity contribution < 1.29 is 4.79 Å². The molecule has 0 radical (unpaired) electrons. The molecule has 98 valence electrons. The highest BCUT2D eigenvalue weighted by Crippen LogP contribution is 2.23. The van der Waals surface area contributed by atoms with Gasteiger partial charge in [0.25, 0.3) is 0 Å². The lowest BCUT2D eigenvalue weighted by Gasteiger charge is -2.39. The number of carbonyl (C=O) groups is 1. The monoisotopic (exact) mass is 247 g/mol. The Hall–Kier alpha value is -1.58. The summed E-state index contributed by atoms with van der Waals surface area (Å²) in [5, 5.41) is 0. The van der Waals surface area contributed by atoms with Crippen LogP contribution in [0.25, 0.3) is 0 Å². The summed E-state index contributed by atoms with van der Waals surface area (Å²) in [6.07, 6.45) is 5.39. The van der Waals surface area contributed by atoms with Gasteiger partial charge >= 0.3 is 0 Å². The van der Waals surface area contributed by atoms with Crippen molar-refractivity contribution in [2.45, 2.75) is 51.6 Å². The van der Waals surface area contributed by atoms with Crippen LogP contribution in [0.5, 0.6) is 0 Å². The lowest BCUT2D eigenvalue weighted by atomic mass is 9.97.